The van der Waals surface area contributed by atoms with Gasteiger partial charge < -0.3 is 23.7 Å². The maximum absolute atomic E-state index is 6.15. The van der Waals surface area contributed by atoms with Crippen molar-refractivity contribution in [2.75, 3.05) is 19.8 Å². The van der Waals surface area contributed by atoms with Crippen LogP contribution in [-0.4, -0.2) is 49.7 Å². The molecule has 2 aliphatic heterocycles. The average Bonchev–Trinajstić information content (AvgIpc) is 3.58. The summed E-state index contributed by atoms with van der Waals surface area (Å²) in [6.07, 6.45) is 42.6. The molecule has 2 rings (SSSR count). The van der Waals surface area contributed by atoms with E-state index < -0.39 is 11.6 Å². The molecule has 0 radical (unpaired) electrons. The predicted octanol–water partition coefficient (Wildman–Crippen LogP) is 13.2. The number of ether oxygens (including phenoxy) is 5. The SMILES string of the molecule is C=CCCCCCCCCCCCCCCCCCCCCCCCCCCCCCCOC[C@H]1OC(C)(C)O[C@@H]1[C@H]1COC(C)(C)O1. The lowest BCUT2D eigenvalue weighted by Gasteiger charge is -2.23. The first kappa shape index (κ1) is 43.7. The molecule has 0 spiro atoms. The molecule has 5 heteroatoms. The Morgan fingerprint density at radius 2 is 0.875 bits per heavy atom. The zero-order chi connectivity index (χ0) is 34.6. The van der Waals surface area contributed by atoms with Crippen LogP contribution in [0.5, 0.6) is 0 Å². The minimum Gasteiger partial charge on any atom is -0.379 e. The van der Waals surface area contributed by atoms with Crippen molar-refractivity contribution in [3.63, 3.8) is 0 Å². The van der Waals surface area contributed by atoms with E-state index in [0.29, 0.717) is 13.2 Å². The highest BCUT2D eigenvalue weighted by Gasteiger charge is 2.49. The molecule has 0 aliphatic carbocycles. The number of hydrogen-bond acceptors (Lipinski definition) is 5. The van der Waals surface area contributed by atoms with E-state index in [2.05, 4.69) is 12.7 Å². The third-order valence-corrected chi connectivity index (χ3v) is 10.3. The monoisotopic (exact) mass is 679 g/mol. The highest BCUT2D eigenvalue weighted by Crippen LogP contribution is 2.35. The molecule has 2 heterocycles. The zero-order valence-electron chi connectivity index (χ0n) is 32.7. The van der Waals surface area contributed by atoms with E-state index in [1.165, 1.54) is 180 Å². The summed E-state index contributed by atoms with van der Waals surface area (Å²) in [5, 5.41) is 0. The first-order chi connectivity index (χ1) is 23.3. The predicted molar refractivity (Wildman–Crippen MR) is 204 cm³/mol. The van der Waals surface area contributed by atoms with Gasteiger partial charge in [-0.3, -0.25) is 0 Å². The molecule has 0 bridgehead atoms. The van der Waals surface area contributed by atoms with Gasteiger partial charge in [0.25, 0.3) is 0 Å². The van der Waals surface area contributed by atoms with E-state index in [9.17, 15) is 0 Å². The maximum atomic E-state index is 6.15. The summed E-state index contributed by atoms with van der Waals surface area (Å²) in [6, 6.07) is 0. The maximum Gasteiger partial charge on any atom is 0.164 e. The van der Waals surface area contributed by atoms with Gasteiger partial charge in [0, 0.05) is 6.61 Å². The van der Waals surface area contributed by atoms with E-state index in [1.807, 2.05) is 27.7 Å². The molecule has 0 amide bonds. The Morgan fingerprint density at radius 3 is 1.23 bits per heavy atom. The van der Waals surface area contributed by atoms with Crippen LogP contribution < -0.4 is 0 Å². The van der Waals surface area contributed by atoms with Gasteiger partial charge in [0.05, 0.1) is 13.2 Å². The molecule has 3 atom stereocenters. The number of allylic oxidation sites excluding steroid dienone is 1. The largest absolute Gasteiger partial charge is 0.379 e. The fourth-order valence-corrected chi connectivity index (χ4v) is 7.47. The Bertz CT molecular complexity index is 737. The van der Waals surface area contributed by atoms with Gasteiger partial charge in [0.15, 0.2) is 11.6 Å². The molecule has 48 heavy (non-hydrogen) atoms. The van der Waals surface area contributed by atoms with Gasteiger partial charge in [-0.2, -0.15) is 0 Å². The van der Waals surface area contributed by atoms with Gasteiger partial charge in [0.1, 0.15) is 18.3 Å². The van der Waals surface area contributed by atoms with E-state index in [-0.39, 0.29) is 18.3 Å². The molecule has 2 saturated heterocycles. The Labute approximate surface area is 299 Å². The standard InChI is InChI=1S/C43H82O5/c1-6-7-8-9-10-11-12-13-14-15-16-17-18-19-20-21-22-23-24-25-26-27-28-29-30-31-32-33-34-35-36-44-37-39-41(48-43(4,5)47-39)40-38-45-42(2,3)46-40/h6,39-41H,1,7-38H2,2-5H3/t39-,40-,41+/m1/s1. The molecule has 284 valence electrons. The van der Waals surface area contributed by atoms with Crippen molar-refractivity contribution in [3.8, 4) is 0 Å². The smallest absolute Gasteiger partial charge is 0.164 e. The fourth-order valence-electron chi connectivity index (χ4n) is 7.47. The van der Waals surface area contributed by atoms with Crippen LogP contribution in [0.1, 0.15) is 214 Å². The van der Waals surface area contributed by atoms with Crippen molar-refractivity contribution in [1.82, 2.24) is 0 Å². The van der Waals surface area contributed by atoms with E-state index >= 15 is 0 Å². The van der Waals surface area contributed by atoms with Crippen LogP contribution in [0.25, 0.3) is 0 Å². The van der Waals surface area contributed by atoms with Crippen LogP contribution in [0.3, 0.4) is 0 Å². The lowest BCUT2D eigenvalue weighted by atomic mass is 10.0. The van der Waals surface area contributed by atoms with Gasteiger partial charge in [-0.25, -0.2) is 0 Å². The molecule has 2 fully saturated rings. The van der Waals surface area contributed by atoms with Crippen LogP contribution in [0.2, 0.25) is 0 Å². The minimum absolute atomic E-state index is 0.113. The summed E-state index contributed by atoms with van der Waals surface area (Å²) >= 11 is 0. The molecule has 0 saturated carbocycles. The molecule has 5 nitrogen and oxygen atoms in total. The summed E-state index contributed by atoms with van der Waals surface area (Å²) in [7, 11) is 0. The van der Waals surface area contributed by atoms with Crippen molar-refractivity contribution in [2.45, 2.75) is 244 Å². The first-order valence-corrected chi connectivity index (χ1v) is 21.2. The fraction of sp³-hybridized carbons (Fsp3) is 0.953. The van der Waals surface area contributed by atoms with Crippen LogP contribution in [0.4, 0.5) is 0 Å². The van der Waals surface area contributed by atoms with Crippen molar-refractivity contribution in [1.29, 1.82) is 0 Å². The summed E-state index contributed by atoms with van der Waals surface area (Å²) in [4.78, 5) is 0. The molecular weight excluding hydrogens is 596 g/mol. The minimum atomic E-state index is -0.613. The topological polar surface area (TPSA) is 46.2 Å². The lowest BCUT2D eigenvalue weighted by Crippen LogP contribution is -2.40. The molecular formula is C43H82O5. The van der Waals surface area contributed by atoms with Crippen molar-refractivity contribution in [2.24, 2.45) is 0 Å². The van der Waals surface area contributed by atoms with E-state index in [0.717, 1.165) is 13.0 Å². The third kappa shape index (κ3) is 23.1. The first-order valence-electron chi connectivity index (χ1n) is 21.2. The quantitative estimate of drug-likeness (QED) is 0.0501. The summed E-state index contributed by atoms with van der Waals surface area (Å²) in [5.74, 6) is -1.17. The van der Waals surface area contributed by atoms with Gasteiger partial charge in [-0.1, -0.05) is 173 Å². The third-order valence-electron chi connectivity index (χ3n) is 10.3. The van der Waals surface area contributed by atoms with Crippen LogP contribution in [0, 0.1) is 0 Å². The highest BCUT2D eigenvalue weighted by atomic mass is 16.8. The number of unbranched alkanes of at least 4 members (excludes halogenated alkanes) is 28. The Balaban J connectivity index is 1.22. The van der Waals surface area contributed by atoms with Crippen molar-refractivity contribution in [3.05, 3.63) is 12.7 Å². The molecule has 2 aliphatic rings. The van der Waals surface area contributed by atoms with Gasteiger partial charge in [-0.15, -0.1) is 6.58 Å². The molecule has 0 N–H and O–H groups in total. The van der Waals surface area contributed by atoms with Crippen LogP contribution in [-0.2, 0) is 23.7 Å². The number of rotatable bonds is 34. The second-order valence-electron chi connectivity index (χ2n) is 16.1. The summed E-state index contributed by atoms with van der Waals surface area (Å²) in [5.41, 5.74) is 0. The molecule has 0 aromatic heterocycles. The second kappa shape index (κ2) is 28.2. The Kier molecular flexibility index (Phi) is 25.6. The van der Waals surface area contributed by atoms with Crippen molar-refractivity contribution < 1.29 is 23.7 Å². The summed E-state index contributed by atoms with van der Waals surface area (Å²) in [6.45, 7) is 13.5. The van der Waals surface area contributed by atoms with Crippen molar-refractivity contribution >= 4 is 0 Å². The van der Waals surface area contributed by atoms with Gasteiger partial charge in [-0.05, 0) is 47.0 Å². The molecule has 0 unspecified atom stereocenters. The van der Waals surface area contributed by atoms with Gasteiger partial charge in [0.2, 0.25) is 0 Å². The summed E-state index contributed by atoms with van der Waals surface area (Å²) < 4.78 is 30.1. The Morgan fingerprint density at radius 1 is 0.500 bits per heavy atom. The molecule has 0 aromatic rings. The molecule has 0 aromatic carbocycles. The zero-order valence-corrected chi connectivity index (χ0v) is 32.7. The Hall–Kier alpha value is -0.460. The van der Waals surface area contributed by atoms with Crippen LogP contribution >= 0.6 is 0 Å². The number of hydrogen-bond donors (Lipinski definition) is 0. The highest BCUT2D eigenvalue weighted by molar-refractivity contribution is 4.90. The second-order valence-corrected chi connectivity index (χ2v) is 16.1. The van der Waals surface area contributed by atoms with Gasteiger partial charge >= 0.3 is 0 Å². The van der Waals surface area contributed by atoms with E-state index in [1.54, 1.807) is 0 Å². The van der Waals surface area contributed by atoms with E-state index in [4.69, 9.17) is 23.7 Å². The van der Waals surface area contributed by atoms with Crippen LogP contribution in [0.15, 0.2) is 12.7 Å². The lowest BCUT2D eigenvalue weighted by molar-refractivity contribution is -0.175. The average molecular weight is 679 g/mol. The normalized spacial score (nSPS) is 21.7.